The van der Waals surface area contributed by atoms with Crippen molar-refractivity contribution < 1.29 is 19.1 Å². The number of hydrogen-bond acceptors (Lipinski definition) is 8. The van der Waals surface area contributed by atoms with E-state index in [1.807, 2.05) is 30.3 Å². The largest absolute Gasteiger partial charge is 0.502 e. The van der Waals surface area contributed by atoms with Crippen LogP contribution in [0, 0.1) is 0 Å². The van der Waals surface area contributed by atoms with Gasteiger partial charge in [0.1, 0.15) is 5.76 Å². The molecular formula is C24H20N2O5S. The fourth-order valence-corrected chi connectivity index (χ4v) is 4.14. The van der Waals surface area contributed by atoms with Crippen LogP contribution in [0.5, 0.6) is 5.75 Å². The van der Waals surface area contributed by atoms with Gasteiger partial charge < -0.3 is 14.3 Å². The molecule has 1 N–H and O–H groups in total. The number of carbonyl (C=O) groups is 1. The van der Waals surface area contributed by atoms with Gasteiger partial charge in [-0.3, -0.25) is 19.6 Å². The van der Waals surface area contributed by atoms with Crippen molar-refractivity contribution in [1.82, 2.24) is 9.97 Å². The fraction of sp³-hybridized carbons (Fsp3) is 0.167. The van der Waals surface area contributed by atoms with Gasteiger partial charge in [-0.05, 0) is 29.8 Å². The van der Waals surface area contributed by atoms with E-state index in [9.17, 15) is 14.7 Å². The van der Waals surface area contributed by atoms with Crippen LogP contribution in [0.4, 0.5) is 0 Å². The molecule has 8 heteroatoms. The van der Waals surface area contributed by atoms with Crippen molar-refractivity contribution >= 4 is 28.8 Å². The summed E-state index contributed by atoms with van der Waals surface area (Å²) in [4.78, 5) is 34.3. The van der Waals surface area contributed by atoms with Crippen LogP contribution in [0.3, 0.4) is 0 Å². The van der Waals surface area contributed by atoms with Crippen molar-refractivity contribution in [3.05, 3.63) is 94.3 Å². The molecule has 4 rings (SSSR count). The van der Waals surface area contributed by atoms with Crippen molar-refractivity contribution in [1.29, 1.82) is 0 Å². The van der Waals surface area contributed by atoms with E-state index in [4.69, 9.17) is 9.15 Å². The van der Waals surface area contributed by atoms with E-state index in [1.165, 1.54) is 24.9 Å². The third-order valence-electron chi connectivity index (χ3n) is 4.93. The number of aromatic nitrogens is 2. The predicted molar refractivity (Wildman–Crippen MR) is 121 cm³/mol. The Balaban J connectivity index is 1.74. The zero-order valence-electron chi connectivity index (χ0n) is 17.2. The van der Waals surface area contributed by atoms with Gasteiger partial charge in [-0.25, -0.2) is 0 Å². The van der Waals surface area contributed by atoms with Crippen LogP contribution in [0.15, 0.2) is 81.1 Å². The minimum absolute atomic E-state index is 0.0230. The van der Waals surface area contributed by atoms with Crippen LogP contribution in [0.25, 0.3) is 11.0 Å². The van der Waals surface area contributed by atoms with Crippen molar-refractivity contribution in [3.63, 3.8) is 0 Å². The first kappa shape index (κ1) is 21.6. The predicted octanol–water partition coefficient (Wildman–Crippen LogP) is 4.28. The molecule has 0 spiro atoms. The summed E-state index contributed by atoms with van der Waals surface area (Å²) >= 11 is 1.50. The van der Waals surface area contributed by atoms with Gasteiger partial charge in [-0.15, -0.1) is 11.8 Å². The first-order valence-corrected chi connectivity index (χ1v) is 10.8. The Kier molecular flexibility index (Phi) is 6.51. The number of ether oxygens (including phenoxy) is 1. The van der Waals surface area contributed by atoms with Gasteiger partial charge in [0.2, 0.25) is 11.2 Å². The average molecular weight is 449 g/mol. The Labute approximate surface area is 188 Å². The summed E-state index contributed by atoms with van der Waals surface area (Å²) in [5.41, 5.74) is 1.39. The maximum Gasteiger partial charge on any atom is 0.306 e. The smallest absolute Gasteiger partial charge is 0.306 e. The number of thioether (sulfide) groups is 1. The Morgan fingerprint density at radius 3 is 2.59 bits per heavy atom. The van der Waals surface area contributed by atoms with Crippen LogP contribution < -0.4 is 5.43 Å². The highest BCUT2D eigenvalue weighted by molar-refractivity contribution is 7.98. The summed E-state index contributed by atoms with van der Waals surface area (Å²) in [7, 11) is 1.29. The molecule has 32 heavy (non-hydrogen) atoms. The van der Waals surface area contributed by atoms with E-state index in [-0.39, 0.29) is 12.2 Å². The quantitative estimate of drug-likeness (QED) is 0.330. The first-order valence-electron chi connectivity index (χ1n) is 9.86. The fourth-order valence-electron chi connectivity index (χ4n) is 3.34. The molecule has 4 aromatic rings. The molecule has 0 fully saturated rings. The lowest BCUT2D eigenvalue weighted by molar-refractivity contribution is -0.140. The summed E-state index contributed by atoms with van der Waals surface area (Å²) in [5.74, 6) is -0.946. The summed E-state index contributed by atoms with van der Waals surface area (Å²) in [6.45, 7) is 0. The monoisotopic (exact) mass is 448 g/mol. The number of aromatic hydroxyl groups is 1. The molecule has 0 amide bonds. The van der Waals surface area contributed by atoms with E-state index in [1.54, 1.807) is 30.6 Å². The van der Waals surface area contributed by atoms with Gasteiger partial charge >= 0.3 is 5.97 Å². The highest BCUT2D eigenvalue weighted by atomic mass is 32.2. The van der Waals surface area contributed by atoms with Gasteiger partial charge in [0.15, 0.2) is 5.76 Å². The maximum atomic E-state index is 12.5. The number of rotatable bonds is 7. The number of nitrogens with zero attached hydrogens (tertiary/aromatic N) is 2. The van der Waals surface area contributed by atoms with Gasteiger partial charge in [0, 0.05) is 23.4 Å². The highest BCUT2D eigenvalue weighted by Gasteiger charge is 2.27. The minimum atomic E-state index is -0.733. The minimum Gasteiger partial charge on any atom is -0.502 e. The number of carbonyl (C=O) groups excluding carboxylic acids is 1. The van der Waals surface area contributed by atoms with Crippen LogP contribution in [0.1, 0.15) is 29.4 Å². The normalized spacial score (nSPS) is 11.9. The standard InChI is InChI=1S/C24H20N2O5S/c1-30-22(28)13-18(15-7-8-19-20(11-15)26-10-9-25-19)24-23(29)21(27)12-16(31-24)14-32-17-5-3-2-4-6-17/h2-12,18,29H,13-14H2,1H3. The molecule has 2 aromatic heterocycles. The van der Waals surface area contributed by atoms with Gasteiger partial charge in [0.25, 0.3) is 0 Å². The van der Waals surface area contributed by atoms with Gasteiger partial charge in [-0.2, -0.15) is 0 Å². The average Bonchev–Trinajstić information content (AvgIpc) is 2.83. The highest BCUT2D eigenvalue weighted by Crippen LogP contribution is 2.35. The SMILES string of the molecule is COC(=O)CC(c1ccc2nccnc2c1)c1oc(CSc2ccccc2)cc(=O)c1O. The number of esters is 1. The number of hydrogen-bond donors (Lipinski definition) is 1. The molecule has 0 saturated heterocycles. The molecule has 162 valence electrons. The Hall–Kier alpha value is -3.65. The summed E-state index contributed by atoms with van der Waals surface area (Å²) in [5, 5.41) is 10.5. The summed E-state index contributed by atoms with van der Waals surface area (Å²) in [6, 6.07) is 16.3. The van der Waals surface area contributed by atoms with E-state index >= 15 is 0 Å². The van der Waals surface area contributed by atoms with Crippen LogP contribution in [-0.4, -0.2) is 28.2 Å². The Morgan fingerprint density at radius 1 is 1.09 bits per heavy atom. The molecule has 2 aromatic carbocycles. The zero-order chi connectivity index (χ0) is 22.5. The van der Waals surface area contributed by atoms with E-state index < -0.39 is 23.1 Å². The molecular weight excluding hydrogens is 428 g/mol. The lowest BCUT2D eigenvalue weighted by Gasteiger charge is -2.18. The molecule has 0 bridgehead atoms. The van der Waals surface area contributed by atoms with Crippen LogP contribution >= 0.6 is 11.8 Å². The molecule has 0 aliphatic rings. The molecule has 0 aliphatic heterocycles. The van der Waals surface area contributed by atoms with Crippen LogP contribution in [0.2, 0.25) is 0 Å². The van der Waals surface area contributed by atoms with E-state index in [0.29, 0.717) is 28.1 Å². The third-order valence-corrected chi connectivity index (χ3v) is 5.97. The number of benzene rings is 2. The Morgan fingerprint density at radius 2 is 1.84 bits per heavy atom. The number of fused-ring (bicyclic) bond motifs is 1. The second-order valence-electron chi connectivity index (χ2n) is 7.03. The first-order chi connectivity index (χ1) is 15.5. The Bertz CT molecular complexity index is 1310. The molecule has 1 atom stereocenters. The third kappa shape index (κ3) is 4.81. The summed E-state index contributed by atoms with van der Waals surface area (Å²) in [6.07, 6.45) is 3.04. The van der Waals surface area contributed by atoms with Crippen LogP contribution in [-0.2, 0) is 15.3 Å². The van der Waals surface area contributed by atoms with E-state index in [2.05, 4.69) is 9.97 Å². The van der Waals surface area contributed by atoms with Crippen molar-refractivity contribution in [2.24, 2.45) is 0 Å². The topological polar surface area (TPSA) is 103 Å². The molecule has 0 aliphatic carbocycles. The molecule has 2 heterocycles. The zero-order valence-corrected chi connectivity index (χ0v) is 18.0. The maximum absolute atomic E-state index is 12.5. The van der Waals surface area contributed by atoms with E-state index in [0.717, 1.165) is 4.90 Å². The molecule has 7 nitrogen and oxygen atoms in total. The molecule has 0 radical (unpaired) electrons. The summed E-state index contributed by atoms with van der Waals surface area (Å²) < 4.78 is 10.8. The molecule has 0 saturated carbocycles. The van der Waals surface area contributed by atoms with Gasteiger partial charge in [0.05, 0.1) is 36.2 Å². The second-order valence-corrected chi connectivity index (χ2v) is 8.08. The van der Waals surface area contributed by atoms with Gasteiger partial charge in [-0.1, -0.05) is 24.3 Å². The number of methoxy groups -OCH3 is 1. The second kappa shape index (κ2) is 9.65. The van der Waals surface area contributed by atoms with Crippen molar-refractivity contribution in [3.8, 4) is 5.75 Å². The molecule has 1 unspecified atom stereocenters. The van der Waals surface area contributed by atoms with Crippen molar-refractivity contribution in [2.45, 2.75) is 23.0 Å². The lowest BCUT2D eigenvalue weighted by Crippen LogP contribution is -2.14. The lowest BCUT2D eigenvalue weighted by atomic mass is 9.92. The van der Waals surface area contributed by atoms with Crippen molar-refractivity contribution in [2.75, 3.05) is 7.11 Å².